The number of nitrogens with one attached hydrogen (secondary N) is 1. The molecule has 1 aliphatic rings. The Morgan fingerprint density at radius 2 is 1.88 bits per heavy atom. The number of aryl methyl sites for hydroxylation is 2. The van der Waals surface area contributed by atoms with Gasteiger partial charge in [0.05, 0.1) is 15.6 Å². The van der Waals surface area contributed by atoms with Gasteiger partial charge in [0.1, 0.15) is 5.75 Å². The minimum Gasteiger partial charge on any atom is -0.482 e. The first kappa shape index (κ1) is 22.2. The van der Waals surface area contributed by atoms with E-state index in [1.807, 2.05) is 50.2 Å². The number of fused-ring (bicyclic) bond motifs is 1. The molecule has 0 fully saturated rings. The third-order valence-electron chi connectivity index (χ3n) is 5.36. The summed E-state index contributed by atoms with van der Waals surface area (Å²) < 4.78 is 33.2. The lowest BCUT2D eigenvalue weighted by Crippen LogP contribution is -2.29. The predicted octanol–water partition coefficient (Wildman–Crippen LogP) is 4.73. The van der Waals surface area contributed by atoms with E-state index in [0.717, 1.165) is 22.4 Å². The van der Waals surface area contributed by atoms with Gasteiger partial charge in [0, 0.05) is 12.2 Å². The number of benzene rings is 3. The number of para-hydroxylation sites is 1. The van der Waals surface area contributed by atoms with Gasteiger partial charge in [-0.05, 0) is 67.3 Å². The number of hydrogen-bond acceptors (Lipinski definition) is 4. The lowest BCUT2D eigenvalue weighted by molar-refractivity contribution is -0.118. The van der Waals surface area contributed by atoms with Crippen molar-refractivity contribution in [2.24, 2.45) is 0 Å². The number of carbonyl (C=O) groups excluding carboxylic acids is 1. The largest absolute Gasteiger partial charge is 0.482 e. The number of carbonyl (C=O) groups is 1. The monoisotopic (exact) mass is 470 g/mol. The van der Waals surface area contributed by atoms with E-state index in [9.17, 15) is 13.2 Å². The molecule has 32 heavy (non-hydrogen) atoms. The van der Waals surface area contributed by atoms with Gasteiger partial charge in [0.25, 0.3) is 15.9 Å². The highest BCUT2D eigenvalue weighted by Crippen LogP contribution is 2.35. The number of nitrogens with zero attached hydrogens (tertiary/aromatic N) is 1. The first-order valence-corrected chi connectivity index (χ1v) is 12.0. The molecule has 0 saturated heterocycles. The molecule has 166 valence electrons. The van der Waals surface area contributed by atoms with Gasteiger partial charge in [-0.15, -0.1) is 0 Å². The van der Waals surface area contributed by atoms with Crippen molar-refractivity contribution in [1.82, 2.24) is 0 Å². The van der Waals surface area contributed by atoms with Gasteiger partial charge in [-0.2, -0.15) is 0 Å². The summed E-state index contributed by atoms with van der Waals surface area (Å²) in [6.07, 6.45) is 0.667. The van der Waals surface area contributed by atoms with Crippen molar-refractivity contribution in [2.75, 3.05) is 22.8 Å². The van der Waals surface area contributed by atoms with Gasteiger partial charge in [-0.25, -0.2) is 8.42 Å². The molecule has 1 N–H and O–H groups in total. The highest BCUT2D eigenvalue weighted by molar-refractivity contribution is 7.92. The quantitative estimate of drug-likeness (QED) is 0.565. The van der Waals surface area contributed by atoms with E-state index in [4.69, 9.17) is 16.3 Å². The molecule has 8 heteroatoms. The fourth-order valence-corrected chi connectivity index (χ4v) is 5.47. The van der Waals surface area contributed by atoms with E-state index in [1.54, 1.807) is 6.07 Å². The number of hydrogen-bond donors (Lipinski definition) is 1. The summed E-state index contributed by atoms with van der Waals surface area (Å²) in [5.74, 6) is -0.0938. The van der Waals surface area contributed by atoms with Gasteiger partial charge >= 0.3 is 0 Å². The summed E-state index contributed by atoms with van der Waals surface area (Å²) in [5.41, 5.74) is 4.38. The zero-order chi connectivity index (χ0) is 22.9. The molecule has 0 bridgehead atoms. The topological polar surface area (TPSA) is 75.7 Å². The molecular weight excluding hydrogens is 448 g/mol. The summed E-state index contributed by atoms with van der Waals surface area (Å²) in [7, 11) is -3.76. The van der Waals surface area contributed by atoms with E-state index < -0.39 is 10.0 Å². The van der Waals surface area contributed by atoms with Crippen LogP contribution in [0.3, 0.4) is 0 Å². The van der Waals surface area contributed by atoms with Crippen LogP contribution in [0.2, 0.25) is 5.02 Å². The van der Waals surface area contributed by atoms with Gasteiger partial charge in [-0.1, -0.05) is 41.9 Å². The van der Waals surface area contributed by atoms with E-state index in [1.165, 1.54) is 22.5 Å². The molecule has 4 rings (SSSR count). The molecule has 0 saturated carbocycles. The smallest absolute Gasteiger partial charge is 0.264 e. The third kappa shape index (κ3) is 4.45. The molecule has 0 aromatic heterocycles. The Hall–Kier alpha value is -3.03. The summed E-state index contributed by atoms with van der Waals surface area (Å²) >= 11 is 6.29. The molecule has 1 heterocycles. The molecule has 0 atom stereocenters. The van der Waals surface area contributed by atoms with Gasteiger partial charge in [0.15, 0.2) is 6.61 Å². The minimum absolute atomic E-state index is 0.0754. The molecule has 1 aliphatic heterocycles. The SMILES string of the molecule is Cc1ccc(C)c(NC(=O)COc2ccc(S(=O)(=O)N3CCc4ccccc43)cc2Cl)c1. The van der Waals surface area contributed by atoms with Gasteiger partial charge in [0.2, 0.25) is 0 Å². The van der Waals surface area contributed by atoms with Crippen molar-refractivity contribution in [2.45, 2.75) is 25.2 Å². The summed E-state index contributed by atoms with van der Waals surface area (Å²) in [4.78, 5) is 12.4. The molecule has 0 unspecified atom stereocenters. The Kier molecular flexibility index (Phi) is 6.13. The summed E-state index contributed by atoms with van der Waals surface area (Å²) in [6, 6.07) is 17.5. The average Bonchev–Trinajstić information content (AvgIpc) is 3.20. The second-order valence-electron chi connectivity index (χ2n) is 7.70. The maximum absolute atomic E-state index is 13.2. The van der Waals surface area contributed by atoms with Crippen LogP contribution < -0.4 is 14.4 Å². The fourth-order valence-electron chi connectivity index (χ4n) is 3.64. The van der Waals surface area contributed by atoms with Crippen LogP contribution in [0.25, 0.3) is 0 Å². The minimum atomic E-state index is -3.76. The Labute approximate surface area is 192 Å². The average molecular weight is 471 g/mol. The van der Waals surface area contributed by atoms with Crippen molar-refractivity contribution in [3.8, 4) is 5.75 Å². The van der Waals surface area contributed by atoms with E-state index >= 15 is 0 Å². The second kappa shape index (κ2) is 8.84. The molecular formula is C24H23ClN2O4S. The van der Waals surface area contributed by atoms with Crippen LogP contribution in [0, 0.1) is 13.8 Å². The van der Waals surface area contributed by atoms with Crippen molar-refractivity contribution < 1.29 is 17.9 Å². The number of sulfonamides is 1. The van der Waals surface area contributed by atoms with Crippen molar-refractivity contribution >= 4 is 38.9 Å². The Balaban J connectivity index is 1.45. The van der Waals surface area contributed by atoms with Crippen LogP contribution >= 0.6 is 11.6 Å². The zero-order valence-electron chi connectivity index (χ0n) is 17.8. The third-order valence-corrected chi connectivity index (χ3v) is 7.47. The number of amides is 1. The molecule has 0 spiro atoms. The van der Waals surface area contributed by atoms with Gasteiger partial charge in [-0.3, -0.25) is 9.10 Å². The molecule has 0 radical (unpaired) electrons. The standard InChI is InChI=1S/C24H23ClN2O4S/c1-16-7-8-17(2)21(13-16)26-24(28)15-31-23-10-9-19(14-20(23)25)32(29,30)27-12-11-18-5-3-4-6-22(18)27/h3-10,13-14H,11-12,15H2,1-2H3,(H,26,28). The maximum Gasteiger partial charge on any atom is 0.264 e. The zero-order valence-corrected chi connectivity index (χ0v) is 19.3. The Morgan fingerprint density at radius 1 is 1.09 bits per heavy atom. The number of anilines is 2. The number of rotatable bonds is 6. The summed E-state index contributed by atoms with van der Waals surface area (Å²) in [6.45, 7) is 3.99. The second-order valence-corrected chi connectivity index (χ2v) is 9.97. The fraction of sp³-hybridized carbons (Fsp3) is 0.208. The summed E-state index contributed by atoms with van der Waals surface area (Å²) in [5, 5.41) is 2.94. The van der Waals surface area contributed by atoms with E-state index in [-0.39, 0.29) is 28.2 Å². The van der Waals surface area contributed by atoms with Gasteiger partial charge < -0.3 is 10.1 Å². The lowest BCUT2D eigenvalue weighted by Gasteiger charge is -2.20. The molecule has 3 aromatic rings. The Bertz CT molecular complexity index is 1290. The van der Waals surface area contributed by atoms with Crippen molar-refractivity contribution in [1.29, 1.82) is 0 Å². The maximum atomic E-state index is 13.2. The molecule has 6 nitrogen and oxygen atoms in total. The van der Waals surface area contributed by atoms with Crippen molar-refractivity contribution in [3.05, 3.63) is 82.4 Å². The van der Waals surface area contributed by atoms with Crippen LogP contribution in [0.15, 0.2) is 65.6 Å². The number of ether oxygens (including phenoxy) is 1. The first-order valence-electron chi connectivity index (χ1n) is 10.2. The highest BCUT2D eigenvalue weighted by Gasteiger charge is 2.31. The van der Waals surface area contributed by atoms with Crippen LogP contribution in [-0.2, 0) is 21.2 Å². The van der Waals surface area contributed by atoms with Crippen LogP contribution in [0.4, 0.5) is 11.4 Å². The van der Waals surface area contributed by atoms with E-state index in [2.05, 4.69) is 5.32 Å². The molecule has 1 amide bonds. The van der Waals surface area contributed by atoms with Crippen LogP contribution in [0.1, 0.15) is 16.7 Å². The predicted molar refractivity (Wildman–Crippen MR) is 126 cm³/mol. The normalized spacial score (nSPS) is 13.0. The first-order chi connectivity index (χ1) is 15.3. The van der Waals surface area contributed by atoms with Crippen LogP contribution in [-0.4, -0.2) is 27.5 Å². The lowest BCUT2D eigenvalue weighted by atomic mass is 10.1. The Morgan fingerprint density at radius 3 is 2.66 bits per heavy atom. The molecule has 0 aliphatic carbocycles. The number of halogens is 1. The van der Waals surface area contributed by atoms with E-state index in [0.29, 0.717) is 18.7 Å². The van der Waals surface area contributed by atoms with Crippen molar-refractivity contribution in [3.63, 3.8) is 0 Å². The van der Waals surface area contributed by atoms with Crippen LogP contribution in [0.5, 0.6) is 5.75 Å². The molecule has 3 aromatic carbocycles. The highest BCUT2D eigenvalue weighted by atomic mass is 35.5.